The van der Waals surface area contributed by atoms with E-state index in [0.717, 1.165) is 0 Å². The molecule has 11 heavy (non-hydrogen) atoms. The van der Waals surface area contributed by atoms with Gasteiger partial charge in [-0.2, -0.15) is 10.5 Å². The minimum Gasteiger partial charge on any atom is -0.192 e. The second-order valence-electron chi connectivity index (χ2n) is 1.92. The summed E-state index contributed by atoms with van der Waals surface area (Å²) in [5.74, 6) is 0. The van der Waals surface area contributed by atoms with Crippen molar-refractivity contribution < 1.29 is 0 Å². The number of nitrogens with zero attached hydrogens (tertiary/aromatic N) is 2. The molecule has 0 N–H and O–H groups in total. The number of benzene rings is 1. The molecule has 0 spiro atoms. The van der Waals surface area contributed by atoms with E-state index in [0.29, 0.717) is 15.6 Å². The van der Waals surface area contributed by atoms with Gasteiger partial charge in [-0.05, 0) is 34.1 Å². The monoisotopic (exact) mass is 206 g/mol. The van der Waals surface area contributed by atoms with Gasteiger partial charge in [0.05, 0.1) is 17.2 Å². The third-order valence-corrected chi connectivity index (χ3v) is 1.87. The zero-order valence-corrected chi connectivity index (χ0v) is 7.09. The first kappa shape index (κ1) is 7.78. The lowest BCUT2D eigenvalue weighted by molar-refractivity contribution is 1.43. The Morgan fingerprint density at radius 3 is 2.36 bits per heavy atom. The predicted octanol–water partition coefficient (Wildman–Crippen LogP) is 2.19. The molecule has 0 aromatic heterocycles. The van der Waals surface area contributed by atoms with Crippen LogP contribution < -0.4 is 0 Å². The van der Waals surface area contributed by atoms with Crippen molar-refractivity contribution in [3.05, 3.63) is 33.8 Å². The SMILES string of the molecule is N#Cc1ccc(C#N)c(Br)c1. The lowest BCUT2D eigenvalue weighted by Crippen LogP contribution is -1.78. The molecule has 0 saturated carbocycles. The van der Waals surface area contributed by atoms with Gasteiger partial charge >= 0.3 is 0 Å². The Balaban J connectivity index is 3.25. The van der Waals surface area contributed by atoms with Crippen molar-refractivity contribution in [3.8, 4) is 12.1 Å². The zero-order chi connectivity index (χ0) is 8.27. The molecule has 1 aromatic carbocycles. The molecule has 0 saturated heterocycles. The lowest BCUT2D eigenvalue weighted by atomic mass is 10.2. The number of hydrogen-bond acceptors (Lipinski definition) is 2. The molecular weight excluding hydrogens is 204 g/mol. The molecule has 0 atom stereocenters. The molecule has 52 valence electrons. The average molecular weight is 207 g/mol. The van der Waals surface area contributed by atoms with Crippen LogP contribution in [0.2, 0.25) is 0 Å². The highest BCUT2D eigenvalue weighted by Gasteiger charge is 1.98. The molecule has 2 nitrogen and oxygen atoms in total. The summed E-state index contributed by atoms with van der Waals surface area (Å²) < 4.78 is 0.666. The molecule has 0 fully saturated rings. The summed E-state index contributed by atoms with van der Waals surface area (Å²) in [6, 6.07) is 8.82. The quantitative estimate of drug-likeness (QED) is 0.654. The Bertz CT molecular complexity index is 357. The summed E-state index contributed by atoms with van der Waals surface area (Å²) in [4.78, 5) is 0. The zero-order valence-electron chi connectivity index (χ0n) is 5.50. The molecule has 0 radical (unpaired) electrons. The lowest BCUT2D eigenvalue weighted by Gasteiger charge is -1.92. The number of rotatable bonds is 0. The third-order valence-electron chi connectivity index (χ3n) is 1.22. The molecule has 0 aliphatic heterocycles. The molecule has 0 amide bonds. The van der Waals surface area contributed by atoms with Crippen LogP contribution in [0.5, 0.6) is 0 Å². The summed E-state index contributed by atoms with van der Waals surface area (Å²) in [5, 5.41) is 17.0. The molecule has 0 heterocycles. The van der Waals surface area contributed by atoms with Crippen LogP contribution in [0.1, 0.15) is 11.1 Å². The second kappa shape index (κ2) is 3.18. The van der Waals surface area contributed by atoms with E-state index in [1.165, 1.54) is 0 Å². The van der Waals surface area contributed by atoms with Crippen molar-refractivity contribution in [2.45, 2.75) is 0 Å². The van der Waals surface area contributed by atoms with E-state index in [1.807, 2.05) is 12.1 Å². The van der Waals surface area contributed by atoms with E-state index < -0.39 is 0 Å². The van der Waals surface area contributed by atoms with Gasteiger partial charge in [0.15, 0.2) is 0 Å². The summed E-state index contributed by atoms with van der Waals surface area (Å²) in [7, 11) is 0. The Morgan fingerprint density at radius 2 is 1.91 bits per heavy atom. The third kappa shape index (κ3) is 1.58. The Hall–Kier alpha value is -1.32. The molecule has 0 bridgehead atoms. The van der Waals surface area contributed by atoms with E-state index >= 15 is 0 Å². The van der Waals surface area contributed by atoms with Crippen LogP contribution >= 0.6 is 15.9 Å². The van der Waals surface area contributed by atoms with Crippen molar-refractivity contribution >= 4 is 15.9 Å². The summed E-state index contributed by atoms with van der Waals surface area (Å²) >= 11 is 3.17. The molecule has 1 aromatic rings. The van der Waals surface area contributed by atoms with E-state index in [9.17, 15) is 0 Å². The fourth-order valence-electron chi connectivity index (χ4n) is 0.675. The first-order valence-corrected chi connectivity index (χ1v) is 3.67. The number of nitriles is 2. The number of halogens is 1. The van der Waals surface area contributed by atoms with Gasteiger partial charge in [-0.15, -0.1) is 0 Å². The van der Waals surface area contributed by atoms with E-state index in [1.54, 1.807) is 18.2 Å². The summed E-state index contributed by atoms with van der Waals surface area (Å²) in [6.07, 6.45) is 0. The van der Waals surface area contributed by atoms with Crippen LogP contribution in [0.4, 0.5) is 0 Å². The maximum absolute atomic E-state index is 8.52. The highest BCUT2D eigenvalue weighted by atomic mass is 79.9. The van der Waals surface area contributed by atoms with Crippen molar-refractivity contribution in [3.63, 3.8) is 0 Å². The van der Waals surface area contributed by atoms with Crippen molar-refractivity contribution in [1.82, 2.24) is 0 Å². The van der Waals surface area contributed by atoms with Crippen LogP contribution in [0, 0.1) is 22.7 Å². The Kier molecular flexibility index (Phi) is 2.25. The minimum atomic E-state index is 0.545. The average Bonchev–Trinajstić information content (AvgIpc) is 2.04. The topological polar surface area (TPSA) is 47.6 Å². The van der Waals surface area contributed by atoms with E-state index in [2.05, 4.69) is 15.9 Å². The highest BCUT2D eigenvalue weighted by molar-refractivity contribution is 9.10. The largest absolute Gasteiger partial charge is 0.192 e. The van der Waals surface area contributed by atoms with Gasteiger partial charge in [0.2, 0.25) is 0 Å². The molecule has 3 heteroatoms. The molecule has 0 unspecified atom stereocenters. The first-order chi connectivity index (χ1) is 5.27. The summed E-state index contributed by atoms with van der Waals surface area (Å²) in [6.45, 7) is 0. The molecular formula is C8H3BrN2. The fraction of sp³-hybridized carbons (Fsp3) is 0. The van der Waals surface area contributed by atoms with Gasteiger partial charge in [-0.3, -0.25) is 0 Å². The molecule has 0 aliphatic rings. The second-order valence-corrected chi connectivity index (χ2v) is 2.77. The van der Waals surface area contributed by atoms with Gasteiger partial charge in [0.25, 0.3) is 0 Å². The summed E-state index contributed by atoms with van der Waals surface area (Å²) in [5.41, 5.74) is 1.10. The maximum atomic E-state index is 8.52. The van der Waals surface area contributed by atoms with Crippen LogP contribution in [0.15, 0.2) is 22.7 Å². The van der Waals surface area contributed by atoms with Gasteiger partial charge in [0, 0.05) is 4.47 Å². The van der Waals surface area contributed by atoms with E-state index in [-0.39, 0.29) is 0 Å². The van der Waals surface area contributed by atoms with Crippen LogP contribution in [0.25, 0.3) is 0 Å². The van der Waals surface area contributed by atoms with Crippen molar-refractivity contribution in [2.75, 3.05) is 0 Å². The smallest absolute Gasteiger partial charge is 0.100 e. The molecule has 1 rings (SSSR count). The van der Waals surface area contributed by atoms with Crippen molar-refractivity contribution in [1.29, 1.82) is 10.5 Å². The van der Waals surface area contributed by atoms with Crippen LogP contribution in [-0.2, 0) is 0 Å². The van der Waals surface area contributed by atoms with Gasteiger partial charge in [-0.25, -0.2) is 0 Å². The van der Waals surface area contributed by atoms with E-state index in [4.69, 9.17) is 10.5 Å². The molecule has 0 aliphatic carbocycles. The van der Waals surface area contributed by atoms with Gasteiger partial charge < -0.3 is 0 Å². The highest BCUT2D eigenvalue weighted by Crippen LogP contribution is 2.16. The Labute approximate surface area is 72.8 Å². The fourth-order valence-corrected chi connectivity index (χ4v) is 1.14. The maximum Gasteiger partial charge on any atom is 0.100 e. The predicted molar refractivity (Wildman–Crippen MR) is 43.6 cm³/mol. The van der Waals surface area contributed by atoms with Gasteiger partial charge in [-0.1, -0.05) is 0 Å². The normalized spacial score (nSPS) is 8.27. The van der Waals surface area contributed by atoms with Gasteiger partial charge in [0.1, 0.15) is 6.07 Å². The van der Waals surface area contributed by atoms with Crippen molar-refractivity contribution in [2.24, 2.45) is 0 Å². The van der Waals surface area contributed by atoms with Crippen LogP contribution in [0.3, 0.4) is 0 Å². The minimum absolute atomic E-state index is 0.545. The Morgan fingerprint density at radius 1 is 1.18 bits per heavy atom. The standard InChI is InChI=1S/C8H3BrN2/c9-8-3-6(4-10)1-2-7(8)5-11/h1-3H. The van der Waals surface area contributed by atoms with Crippen LogP contribution in [-0.4, -0.2) is 0 Å². The number of hydrogen-bond donors (Lipinski definition) is 0. The first-order valence-electron chi connectivity index (χ1n) is 2.87.